The Morgan fingerprint density at radius 2 is 2.00 bits per heavy atom. The first kappa shape index (κ1) is 12.5. The van der Waals surface area contributed by atoms with E-state index in [-0.39, 0.29) is 5.54 Å². The highest BCUT2D eigenvalue weighted by molar-refractivity contribution is 7.09. The van der Waals surface area contributed by atoms with Crippen molar-refractivity contribution in [1.82, 2.24) is 15.0 Å². The van der Waals surface area contributed by atoms with Gasteiger partial charge in [-0.3, -0.25) is 0 Å². The lowest BCUT2D eigenvalue weighted by atomic mass is 9.95. The smallest absolute Gasteiger partial charge is 0.133 e. The van der Waals surface area contributed by atoms with Gasteiger partial charge in [-0.2, -0.15) is 0 Å². The number of nitrogens with zero attached hydrogens (tertiary/aromatic N) is 3. The highest BCUT2D eigenvalue weighted by atomic mass is 32.1. The largest absolute Gasteiger partial charge is 0.358 e. The number of hydrogen-bond acceptors (Lipinski definition) is 5. The van der Waals surface area contributed by atoms with Crippen LogP contribution in [0.1, 0.15) is 43.0 Å². The fraction of sp³-hybridized carbons (Fsp3) is 0.500. The Bertz CT molecular complexity index is 563. The summed E-state index contributed by atoms with van der Waals surface area (Å²) in [5.74, 6) is 0.977. The Morgan fingerprint density at radius 3 is 2.79 bits per heavy atom. The summed E-state index contributed by atoms with van der Waals surface area (Å²) in [4.78, 5) is 13.3. The van der Waals surface area contributed by atoms with Crippen LogP contribution in [0.2, 0.25) is 0 Å². The zero-order valence-corrected chi connectivity index (χ0v) is 12.1. The van der Waals surface area contributed by atoms with Gasteiger partial charge in [0.1, 0.15) is 17.2 Å². The number of fused-ring (bicyclic) bond motifs is 1. The minimum absolute atomic E-state index is 0.201. The molecule has 0 bridgehead atoms. The summed E-state index contributed by atoms with van der Waals surface area (Å²) in [6.07, 6.45) is 8.13. The molecule has 2 heterocycles. The van der Waals surface area contributed by atoms with Gasteiger partial charge in [0.15, 0.2) is 0 Å². The van der Waals surface area contributed by atoms with E-state index in [9.17, 15) is 0 Å². The Morgan fingerprint density at radius 1 is 1.16 bits per heavy atom. The van der Waals surface area contributed by atoms with Gasteiger partial charge in [-0.05, 0) is 39.5 Å². The molecule has 4 nitrogen and oxygen atoms in total. The Kier molecular flexibility index (Phi) is 3.22. The van der Waals surface area contributed by atoms with E-state index < -0.39 is 0 Å². The zero-order chi connectivity index (χ0) is 13.3. The van der Waals surface area contributed by atoms with Crippen molar-refractivity contribution >= 4 is 17.2 Å². The molecule has 0 saturated carbocycles. The highest BCUT2D eigenvalue weighted by Gasteiger charge is 2.26. The van der Waals surface area contributed by atoms with E-state index in [4.69, 9.17) is 0 Å². The number of nitrogens with one attached hydrogen (secondary N) is 1. The van der Waals surface area contributed by atoms with Gasteiger partial charge in [0, 0.05) is 22.8 Å². The molecule has 0 aromatic carbocycles. The van der Waals surface area contributed by atoms with Gasteiger partial charge in [0.05, 0.1) is 5.54 Å². The molecular weight excluding hydrogens is 256 g/mol. The maximum atomic E-state index is 4.44. The topological polar surface area (TPSA) is 50.7 Å². The number of hydrogen-bond donors (Lipinski definition) is 1. The Hall–Kier alpha value is -1.49. The van der Waals surface area contributed by atoms with E-state index >= 15 is 0 Å². The second-order valence-electron chi connectivity index (χ2n) is 5.44. The van der Waals surface area contributed by atoms with E-state index in [2.05, 4.69) is 34.1 Å². The molecule has 3 rings (SSSR count). The van der Waals surface area contributed by atoms with Crippen LogP contribution in [0.3, 0.4) is 0 Å². The molecule has 0 fully saturated rings. The third kappa shape index (κ3) is 2.47. The van der Waals surface area contributed by atoms with Gasteiger partial charge in [0.2, 0.25) is 0 Å². The fourth-order valence-corrected chi connectivity index (χ4v) is 3.23. The van der Waals surface area contributed by atoms with E-state index in [0.717, 1.165) is 23.7 Å². The lowest BCUT2D eigenvalue weighted by molar-refractivity contribution is 0.592. The summed E-state index contributed by atoms with van der Waals surface area (Å²) >= 11 is 1.67. The number of thiazole rings is 1. The summed E-state index contributed by atoms with van der Waals surface area (Å²) in [6, 6.07) is 0. The minimum Gasteiger partial charge on any atom is -0.358 e. The molecular formula is C14H18N4S. The maximum absolute atomic E-state index is 4.44. The van der Waals surface area contributed by atoms with Crippen LogP contribution in [0.4, 0.5) is 5.82 Å². The van der Waals surface area contributed by atoms with Crippen LogP contribution < -0.4 is 5.32 Å². The SMILES string of the molecule is CC(C)(Nc1ncnc2c1CCCC2)c1nccs1. The molecule has 0 unspecified atom stereocenters. The molecule has 0 atom stereocenters. The van der Waals surface area contributed by atoms with Gasteiger partial charge in [0.25, 0.3) is 0 Å². The first-order valence-corrected chi connectivity index (χ1v) is 7.56. The first-order valence-electron chi connectivity index (χ1n) is 6.68. The maximum Gasteiger partial charge on any atom is 0.133 e. The molecule has 19 heavy (non-hydrogen) atoms. The Labute approximate surface area is 117 Å². The molecule has 2 aromatic heterocycles. The molecule has 0 saturated heterocycles. The average Bonchev–Trinajstić information content (AvgIpc) is 2.93. The minimum atomic E-state index is -0.201. The van der Waals surface area contributed by atoms with Crippen molar-refractivity contribution in [3.05, 3.63) is 34.2 Å². The standard InChI is InChI=1S/C14H18N4S/c1-14(2,13-15-7-8-19-13)18-12-10-5-3-4-6-11(10)16-9-17-12/h7-9H,3-6H2,1-2H3,(H,16,17,18). The van der Waals surface area contributed by atoms with Gasteiger partial charge in [-0.1, -0.05) is 0 Å². The third-order valence-electron chi connectivity index (χ3n) is 3.52. The number of anilines is 1. The summed E-state index contributed by atoms with van der Waals surface area (Å²) in [7, 11) is 0. The van der Waals surface area contributed by atoms with Crippen LogP contribution in [0.15, 0.2) is 17.9 Å². The van der Waals surface area contributed by atoms with Gasteiger partial charge in [-0.25, -0.2) is 15.0 Å². The highest BCUT2D eigenvalue weighted by Crippen LogP contribution is 2.30. The first-order chi connectivity index (χ1) is 9.17. The number of aromatic nitrogens is 3. The van der Waals surface area contributed by atoms with Gasteiger partial charge >= 0.3 is 0 Å². The molecule has 1 aliphatic carbocycles. The lowest BCUT2D eigenvalue weighted by Crippen LogP contribution is -2.29. The predicted octanol–water partition coefficient (Wildman–Crippen LogP) is 3.16. The van der Waals surface area contributed by atoms with E-state index in [1.807, 2.05) is 11.6 Å². The van der Waals surface area contributed by atoms with E-state index in [0.29, 0.717) is 0 Å². The van der Waals surface area contributed by atoms with E-state index in [1.54, 1.807) is 17.7 Å². The van der Waals surface area contributed by atoms with E-state index in [1.165, 1.54) is 24.1 Å². The monoisotopic (exact) mass is 274 g/mol. The quantitative estimate of drug-likeness (QED) is 0.934. The summed E-state index contributed by atoms with van der Waals surface area (Å²) < 4.78 is 0. The van der Waals surface area contributed by atoms with Crippen LogP contribution >= 0.6 is 11.3 Å². The van der Waals surface area contributed by atoms with Crippen LogP contribution in [0.5, 0.6) is 0 Å². The van der Waals surface area contributed by atoms with Crippen molar-refractivity contribution < 1.29 is 0 Å². The summed E-state index contributed by atoms with van der Waals surface area (Å²) in [5.41, 5.74) is 2.30. The molecule has 2 aromatic rings. The second kappa shape index (κ2) is 4.89. The molecule has 0 radical (unpaired) electrons. The molecule has 1 N–H and O–H groups in total. The molecule has 0 amide bonds. The molecule has 1 aliphatic rings. The van der Waals surface area contributed by atoms with Crippen LogP contribution in [-0.2, 0) is 18.4 Å². The van der Waals surface area contributed by atoms with Gasteiger partial charge < -0.3 is 5.32 Å². The lowest BCUT2D eigenvalue weighted by Gasteiger charge is -2.27. The molecule has 5 heteroatoms. The van der Waals surface area contributed by atoms with Crippen molar-refractivity contribution in [2.45, 2.75) is 45.1 Å². The van der Waals surface area contributed by atoms with Crippen LogP contribution in [-0.4, -0.2) is 15.0 Å². The number of rotatable bonds is 3. The molecule has 0 aliphatic heterocycles. The number of aryl methyl sites for hydroxylation is 1. The van der Waals surface area contributed by atoms with Crippen molar-refractivity contribution in [3.63, 3.8) is 0 Å². The van der Waals surface area contributed by atoms with Crippen molar-refractivity contribution in [3.8, 4) is 0 Å². The second-order valence-corrected chi connectivity index (χ2v) is 6.34. The average molecular weight is 274 g/mol. The van der Waals surface area contributed by atoms with Crippen LogP contribution in [0.25, 0.3) is 0 Å². The molecule has 0 spiro atoms. The Balaban J connectivity index is 1.91. The summed E-state index contributed by atoms with van der Waals surface area (Å²) in [6.45, 7) is 4.28. The predicted molar refractivity (Wildman–Crippen MR) is 77.4 cm³/mol. The summed E-state index contributed by atoms with van der Waals surface area (Å²) in [5, 5.41) is 6.63. The van der Waals surface area contributed by atoms with Crippen molar-refractivity contribution in [2.75, 3.05) is 5.32 Å². The fourth-order valence-electron chi connectivity index (χ4n) is 2.51. The van der Waals surface area contributed by atoms with Crippen LogP contribution in [0, 0.1) is 0 Å². The molecule has 100 valence electrons. The normalized spacial score (nSPS) is 15.1. The zero-order valence-electron chi connectivity index (χ0n) is 11.3. The third-order valence-corrected chi connectivity index (χ3v) is 4.62. The van der Waals surface area contributed by atoms with Crippen molar-refractivity contribution in [2.24, 2.45) is 0 Å². The van der Waals surface area contributed by atoms with Crippen molar-refractivity contribution in [1.29, 1.82) is 0 Å². The van der Waals surface area contributed by atoms with Gasteiger partial charge in [-0.15, -0.1) is 11.3 Å².